The van der Waals surface area contributed by atoms with E-state index in [1.165, 1.54) is 32.1 Å². The zero-order valence-corrected chi connectivity index (χ0v) is 12.4. The summed E-state index contributed by atoms with van der Waals surface area (Å²) in [5.74, 6) is 0.771. The van der Waals surface area contributed by atoms with Gasteiger partial charge in [0.1, 0.15) is 6.23 Å². The van der Waals surface area contributed by atoms with Gasteiger partial charge >= 0.3 is 0 Å². The topological polar surface area (TPSA) is 49.5 Å². The van der Waals surface area contributed by atoms with E-state index in [0.717, 1.165) is 36.9 Å². The third-order valence-corrected chi connectivity index (χ3v) is 4.94. The van der Waals surface area contributed by atoms with Gasteiger partial charge in [0, 0.05) is 18.0 Å². The van der Waals surface area contributed by atoms with E-state index < -0.39 is 0 Å². The van der Waals surface area contributed by atoms with Crippen molar-refractivity contribution >= 4 is 11.3 Å². The average molecular weight is 282 g/mol. The van der Waals surface area contributed by atoms with Crippen LogP contribution in [0.15, 0.2) is 17.5 Å². The summed E-state index contributed by atoms with van der Waals surface area (Å²) in [4.78, 5) is 3.29. The highest BCUT2D eigenvalue weighted by Gasteiger charge is 2.27. The van der Waals surface area contributed by atoms with Crippen molar-refractivity contribution in [2.75, 3.05) is 19.6 Å². The molecular formula is C15H26N2OS. The van der Waals surface area contributed by atoms with Crippen LogP contribution in [0.2, 0.25) is 0 Å². The predicted octanol–water partition coefficient (Wildman–Crippen LogP) is 2.97. The first kappa shape index (κ1) is 15.0. The van der Waals surface area contributed by atoms with Crippen LogP contribution < -0.4 is 5.73 Å². The van der Waals surface area contributed by atoms with Crippen molar-refractivity contribution in [2.45, 2.75) is 44.8 Å². The van der Waals surface area contributed by atoms with Crippen LogP contribution in [0.5, 0.6) is 0 Å². The van der Waals surface area contributed by atoms with Gasteiger partial charge in [-0.25, -0.2) is 0 Å². The van der Waals surface area contributed by atoms with Crippen molar-refractivity contribution in [2.24, 2.45) is 11.7 Å². The molecule has 2 heterocycles. The van der Waals surface area contributed by atoms with Crippen LogP contribution in [0, 0.1) is 5.92 Å². The number of hydrogen-bond acceptors (Lipinski definition) is 4. The molecule has 0 saturated carbocycles. The SMILES string of the molecule is NCCCCCCC1CCN(C(O)c2cccs2)C1. The van der Waals surface area contributed by atoms with Gasteiger partial charge in [-0.3, -0.25) is 4.90 Å². The largest absolute Gasteiger partial charge is 0.373 e. The number of likely N-dealkylation sites (tertiary alicyclic amines) is 1. The summed E-state index contributed by atoms with van der Waals surface area (Å²) in [6.45, 7) is 2.91. The van der Waals surface area contributed by atoms with E-state index in [0.29, 0.717) is 0 Å². The van der Waals surface area contributed by atoms with Crippen LogP contribution in [-0.4, -0.2) is 29.6 Å². The Bertz CT molecular complexity index is 342. The number of aliphatic hydroxyl groups is 1. The molecule has 1 aliphatic rings. The lowest BCUT2D eigenvalue weighted by molar-refractivity contribution is 0.0190. The summed E-state index contributed by atoms with van der Waals surface area (Å²) in [5, 5.41) is 12.3. The Morgan fingerprint density at radius 2 is 2.21 bits per heavy atom. The van der Waals surface area contributed by atoms with E-state index in [9.17, 15) is 5.11 Å². The van der Waals surface area contributed by atoms with Gasteiger partial charge in [-0.05, 0) is 43.2 Å². The molecule has 3 N–H and O–H groups in total. The maximum absolute atomic E-state index is 10.3. The van der Waals surface area contributed by atoms with Crippen LogP contribution in [0.25, 0.3) is 0 Å². The third-order valence-electron chi connectivity index (χ3n) is 4.03. The molecular weight excluding hydrogens is 256 g/mol. The van der Waals surface area contributed by atoms with Gasteiger partial charge in [0.25, 0.3) is 0 Å². The Labute approximate surface area is 120 Å². The summed E-state index contributed by atoms with van der Waals surface area (Å²) in [6, 6.07) is 4.03. The molecule has 1 aromatic rings. The Kier molecular flexibility index (Phi) is 6.31. The molecule has 2 atom stereocenters. The lowest BCUT2D eigenvalue weighted by atomic mass is 10.00. The second kappa shape index (κ2) is 8.00. The van der Waals surface area contributed by atoms with Gasteiger partial charge in [0.05, 0.1) is 0 Å². The zero-order chi connectivity index (χ0) is 13.5. The highest BCUT2D eigenvalue weighted by molar-refractivity contribution is 7.10. The summed E-state index contributed by atoms with van der Waals surface area (Å²) < 4.78 is 0. The standard InChI is InChI=1S/C15H26N2OS/c16-9-4-2-1-3-6-13-8-10-17(12-13)15(18)14-7-5-11-19-14/h5,7,11,13,15,18H,1-4,6,8-10,12,16H2. The maximum Gasteiger partial charge on any atom is 0.142 e. The average Bonchev–Trinajstić information content (AvgIpc) is 3.09. The molecule has 0 spiro atoms. The van der Waals surface area contributed by atoms with E-state index in [1.54, 1.807) is 11.3 Å². The Balaban J connectivity index is 1.65. The molecule has 1 aromatic heterocycles. The van der Waals surface area contributed by atoms with Crippen molar-refractivity contribution in [1.29, 1.82) is 0 Å². The lowest BCUT2D eigenvalue weighted by Gasteiger charge is -2.22. The highest BCUT2D eigenvalue weighted by Crippen LogP contribution is 2.30. The van der Waals surface area contributed by atoms with Crippen LogP contribution in [-0.2, 0) is 0 Å². The van der Waals surface area contributed by atoms with Crippen molar-refractivity contribution in [3.63, 3.8) is 0 Å². The van der Waals surface area contributed by atoms with E-state index in [-0.39, 0.29) is 6.23 Å². The van der Waals surface area contributed by atoms with Crippen molar-refractivity contribution in [3.8, 4) is 0 Å². The number of unbranched alkanes of at least 4 members (excludes halogenated alkanes) is 3. The molecule has 0 bridgehead atoms. The predicted molar refractivity (Wildman–Crippen MR) is 81.1 cm³/mol. The van der Waals surface area contributed by atoms with Gasteiger partial charge in [-0.2, -0.15) is 0 Å². The number of rotatable bonds is 8. The second-order valence-corrected chi connectivity index (χ2v) is 6.51. The Morgan fingerprint density at radius 1 is 1.37 bits per heavy atom. The van der Waals surface area contributed by atoms with Crippen LogP contribution in [0.1, 0.15) is 49.6 Å². The lowest BCUT2D eigenvalue weighted by Crippen LogP contribution is -2.25. The summed E-state index contributed by atoms with van der Waals surface area (Å²) in [6.07, 6.45) is 7.20. The first-order chi connectivity index (χ1) is 9.31. The first-order valence-electron chi connectivity index (χ1n) is 7.47. The second-order valence-electron chi connectivity index (χ2n) is 5.53. The molecule has 2 unspecified atom stereocenters. The normalized spacial score (nSPS) is 21.9. The monoisotopic (exact) mass is 282 g/mol. The fourth-order valence-electron chi connectivity index (χ4n) is 2.87. The Morgan fingerprint density at radius 3 is 2.95 bits per heavy atom. The fraction of sp³-hybridized carbons (Fsp3) is 0.733. The first-order valence-corrected chi connectivity index (χ1v) is 8.35. The zero-order valence-electron chi connectivity index (χ0n) is 11.6. The summed E-state index contributed by atoms with van der Waals surface area (Å²) >= 11 is 1.64. The van der Waals surface area contributed by atoms with Crippen molar-refractivity contribution in [1.82, 2.24) is 4.90 Å². The molecule has 4 heteroatoms. The smallest absolute Gasteiger partial charge is 0.142 e. The summed E-state index contributed by atoms with van der Waals surface area (Å²) in [7, 11) is 0. The Hall–Kier alpha value is -0.420. The van der Waals surface area contributed by atoms with Gasteiger partial charge in [-0.15, -0.1) is 11.3 Å². The minimum Gasteiger partial charge on any atom is -0.373 e. The van der Waals surface area contributed by atoms with E-state index in [2.05, 4.69) is 4.90 Å². The quantitative estimate of drug-likeness (QED) is 0.721. The van der Waals surface area contributed by atoms with Crippen LogP contribution in [0.4, 0.5) is 0 Å². The molecule has 0 radical (unpaired) electrons. The molecule has 19 heavy (non-hydrogen) atoms. The minimum absolute atomic E-state index is 0.387. The van der Waals surface area contributed by atoms with Gasteiger partial charge < -0.3 is 10.8 Å². The van der Waals surface area contributed by atoms with E-state index >= 15 is 0 Å². The highest BCUT2D eigenvalue weighted by atomic mass is 32.1. The summed E-state index contributed by atoms with van der Waals surface area (Å²) in [5.41, 5.74) is 5.50. The van der Waals surface area contributed by atoms with Gasteiger partial charge in [-0.1, -0.05) is 25.3 Å². The van der Waals surface area contributed by atoms with Gasteiger partial charge in [0.2, 0.25) is 0 Å². The maximum atomic E-state index is 10.3. The fourth-order valence-corrected chi connectivity index (χ4v) is 3.61. The number of thiophene rings is 1. The van der Waals surface area contributed by atoms with Crippen molar-refractivity contribution in [3.05, 3.63) is 22.4 Å². The third kappa shape index (κ3) is 4.56. The molecule has 1 aliphatic heterocycles. The molecule has 2 rings (SSSR count). The molecule has 1 saturated heterocycles. The van der Waals surface area contributed by atoms with Crippen molar-refractivity contribution < 1.29 is 5.11 Å². The molecule has 0 aliphatic carbocycles. The molecule has 0 aromatic carbocycles. The van der Waals surface area contributed by atoms with Gasteiger partial charge in [0.15, 0.2) is 0 Å². The molecule has 108 valence electrons. The van der Waals surface area contributed by atoms with E-state index in [4.69, 9.17) is 5.73 Å². The van der Waals surface area contributed by atoms with E-state index in [1.807, 2.05) is 17.5 Å². The molecule has 0 amide bonds. The number of nitrogens with two attached hydrogens (primary N) is 1. The van der Waals surface area contributed by atoms with Crippen LogP contribution in [0.3, 0.4) is 0 Å². The van der Waals surface area contributed by atoms with Crippen LogP contribution >= 0.6 is 11.3 Å². The number of aliphatic hydroxyl groups excluding tert-OH is 1. The molecule has 3 nitrogen and oxygen atoms in total. The minimum atomic E-state index is -0.387. The number of nitrogens with zero attached hydrogens (tertiary/aromatic N) is 1. The number of hydrogen-bond donors (Lipinski definition) is 2. The molecule has 1 fully saturated rings.